The van der Waals surface area contributed by atoms with Crippen LogP contribution >= 0.6 is 0 Å². The Bertz CT molecular complexity index is 808. The number of esters is 2. The highest BCUT2D eigenvalue weighted by Crippen LogP contribution is 2.47. The van der Waals surface area contributed by atoms with Crippen LogP contribution in [0.3, 0.4) is 0 Å². The van der Waals surface area contributed by atoms with Crippen LogP contribution in [0.25, 0.3) is 0 Å². The van der Waals surface area contributed by atoms with Crippen LogP contribution in [0.5, 0.6) is 0 Å². The van der Waals surface area contributed by atoms with E-state index in [1.807, 2.05) is 0 Å². The molecular weight excluding hydrogens is 600 g/mol. The van der Waals surface area contributed by atoms with Gasteiger partial charge < -0.3 is 18.9 Å². The molecule has 48 heavy (non-hydrogen) atoms. The van der Waals surface area contributed by atoms with Gasteiger partial charge in [-0.25, -0.2) is 0 Å². The topological polar surface area (TPSA) is 77.7 Å². The van der Waals surface area contributed by atoms with Crippen LogP contribution in [0.15, 0.2) is 0 Å². The van der Waals surface area contributed by atoms with E-state index < -0.39 is 0 Å². The van der Waals surface area contributed by atoms with Crippen LogP contribution < -0.4 is 0 Å². The molecule has 6 nitrogen and oxygen atoms in total. The summed E-state index contributed by atoms with van der Waals surface area (Å²) in [6.07, 6.45) is 36.0. The van der Waals surface area contributed by atoms with Crippen molar-refractivity contribution in [1.29, 1.82) is 0 Å². The zero-order chi connectivity index (χ0) is 34.1. The molecule has 6 atom stereocenters. The summed E-state index contributed by atoms with van der Waals surface area (Å²) in [7, 11) is 0. The number of ether oxygens (including phenoxy) is 4. The van der Waals surface area contributed by atoms with Crippen molar-refractivity contribution in [3.05, 3.63) is 0 Å². The van der Waals surface area contributed by atoms with E-state index >= 15 is 0 Å². The number of carbonyl (C=O) groups is 2. The Morgan fingerprint density at radius 3 is 1.21 bits per heavy atom. The van der Waals surface area contributed by atoms with Gasteiger partial charge in [-0.1, -0.05) is 142 Å². The van der Waals surface area contributed by atoms with Crippen LogP contribution in [0.1, 0.15) is 194 Å². The summed E-state index contributed by atoms with van der Waals surface area (Å²) < 4.78 is 20.9. The summed E-state index contributed by atoms with van der Waals surface area (Å²) in [5.74, 6) is 3.55. The summed E-state index contributed by atoms with van der Waals surface area (Å²) in [5, 5.41) is 0. The van der Waals surface area contributed by atoms with Crippen LogP contribution in [0.2, 0.25) is 0 Å². The predicted octanol–water partition coefficient (Wildman–Crippen LogP) is 11.3. The Labute approximate surface area is 295 Å². The van der Waals surface area contributed by atoms with Crippen molar-refractivity contribution in [2.24, 2.45) is 23.7 Å². The van der Waals surface area contributed by atoms with Crippen LogP contribution in [-0.4, -0.2) is 50.6 Å². The van der Waals surface area contributed by atoms with Crippen LogP contribution in [0.4, 0.5) is 0 Å². The largest absolute Gasteiger partial charge is 0.463 e. The molecule has 2 heterocycles. The molecule has 0 amide bonds. The molecular formula is C42H76O6. The fourth-order valence-electron chi connectivity index (χ4n) is 8.40. The van der Waals surface area contributed by atoms with Crippen LogP contribution in [-0.2, 0) is 28.5 Å². The molecule has 6 unspecified atom stereocenters. The van der Waals surface area contributed by atoms with Gasteiger partial charge in [-0.15, -0.1) is 0 Å². The molecule has 0 N–H and O–H groups in total. The number of carbonyl (C=O) groups excluding carboxylic acids is 2. The standard InChI is InChI=1S/C42H76O6/c1-3-5-7-9-13-19-25-39-35(23-17-8-6-4-2)29-30-36(24-18-12-10-15-21-27-41(43)47-33-37-31-45-37)40(39)26-20-14-11-16-22-28-42(44)48-34-38-32-46-38/h35-40H,3-34H2,1-2H3. The van der Waals surface area contributed by atoms with E-state index in [9.17, 15) is 9.59 Å². The summed E-state index contributed by atoms with van der Waals surface area (Å²) >= 11 is 0. The van der Waals surface area contributed by atoms with Crippen molar-refractivity contribution < 1.29 is 28.5 Å². The first kappa shape index (κ1) is 41.3. The molecule has 1 saturated carbocycles. The fraction of sp³-hybridized carbons (Fsp3) is 0.952. The summed E-state index contributed by atoms with van der Waals surface area (Å²) in [4.78, 5) is 23.9. The van der Waals surface area contributed by atoms with E-state index in [0.717, 1.165) is 62.6 Å². The van der Waals surface area contributed by atoms with E-state index in [0.29, 0.717) is 26.1 Å². The maximum atomic E-state index is 12.0. The molecule has 3 fully saturated rings. The second-order valence-corrected chi connectivity index (χ2v) is 15.7. The highest BCUT2D eigenvalue weighted by atomic mass is 16.6. The molecule has 2 saturated heterocycles. The second-order valence-electron chi connectivity index (χ2n) is 15.7. The Morgan fingerprint density at radius 1 is 0.479 bits per heavy atom. The first-order valence-electron chi connectivity index (χ1n) is 21.1. The van der Waals surface area contributed by atoms with Gasteiger partial charge in [0.05, 0.1) is 13.2 Å². The molecule has 0 aromatic carbocycles. The van der Waals surface area contributed by atoms with Gasteiger partial charge >= 0.3 is 11.9 Å². The Kier molecular flexibility index (Phi) is 22.9. The molecule has 2 aliphatic heterocycles. The highest BCUT2D eigenvalue weighted by Gasteiger charge is 2.37. The third-order valence-electron chi connectivity index (χ3n) is 11.5. The first-order valence-corrected chi connectivity index (χ1v) is 21.1. The Hall–Kier alpha value is -1.14. The van der Waals surface area contributed by atoms with Crippen LogP contribution in [0, 0.1) is 23.7 Å². The fourth-order valence-corrected chi connectivity index (χ4v) is 8.40. The van der Waals surface area contributed by atoms with Crippen molar-refractivity contribution in [3.63, 3.8) is 0 Å². The molecule has 0 radical (unpaired) electrons. The minimum atomic E-state index is -0.0573. The number of hydrogen-bond acceptors (Lipinski definition) is 6. The summed E-state index contributed by atoms with van der Waals surface area (Å²) in [6, 6.07) is 0. The summed E-state index contributed by atoms with van der Waals surface area (Å²) in [6.45, 7) is 7.01. The lowest BCUT2D eigenvalue weighted by Gasteiger charge is -2.44. The molecule has 280 valence electrons. The normalized spacial score (nSPS) is 24.8. The van der Waals surface area contributed by atoms with Crippen molar-refractivity contribution in [2.75, 3.05) is 26.4 Å². The van der Waals surface area contributed by atoms with Gasteiger partial charge in [0, 0.05) is 12.8 Å². The summed E-state index contributed by atoms with van der Waals surface area (Å²) in [5.41, 5.74) is 0. The second kappa shape index (κ2) is 26.6. The zero-order valence-corrected chi connectivity index (χ0v) is 31.5. The number of rotatable bonds is 32. The molecule has 3 rings (SSSR count). The predicted molar refractivity (Wildman–Crippen MR) is 196 cm³/mol. The van der Waals surface area contributed by atoms with Gasteiger partial charge in [0.25, 0.3) is 0 Å². The Morgan fingerprint density at radius 2 is 0.812 bits per heavy atom. The van der Waals surface area contributed by atoms with Gasteiger partial charge in [0.2, 0.25) is 0 Å². The molecule has 0 bridgehead atoms. The number of epoxide rings is 2. The zero-order valence-electron chi connectivity index (χ0n) is 31.5. The maximum Gasteiger partial charge on any atom is 0.305 e. The Balaban J connectivity index is 1.43. The van der Waals surface area contributed by atoms with Gasteiger partial charge in [-0.3, -0.25) is 9.59 Å². The maximum absolute atomic E-state index is 12.0. The smallest absolute Gasteiger partial charge is 0.305 e. The number of hydrogen-bond donors (Lipinski definition) is 0. The lowest BCUT2D eigenvalue weighted by molar-refractivity contribution is -0.145. The molecule has 6 heteroatoms. The van der Waals surface area contributed by atoms with E-state index in [1.165, 1.54) is 141 Å². The van der Waals surface area contributed by atoms with Crippen molar-refractivity contribution in [3.8, 4) is 0 Å². The van der Waals surface area contributed by atoms with E-state index in [-0.39, 0.29) is 24.1 Å². The van der Waals surface area contributed by atoms with Crippen molar-refractivity contribution in [2.45, 2.75) is 206 Å². The van der Waals surface area contributed by atoms with Crippen molar-refractivity contribution in [1.82, 2.24) is 0 Å². The molecule has 1 aliphatic carbocycles. The average molecular weight is 677 g/mol. The van der Waals surface area contributed by atoms with Gasteiger partial charge in [0.1, 0.15) is 25.4 Å². The SMILES string of the molecule is CCCCCCCCC1C(CCCCCC)CCC(CCCCCCCC(=O)OCC2CO2)C1CCCCCCCC(=O)OCC1CO1. The van der Waals surface area contributed by atoms with Gasteiger partial charge in [-0.05, 0) is 62.2 Å². The monoisotopic (exact) mass is 677 g/mol. The minimum absolute atomic E-state index is 0.0556. The third kappa shape index (κ3) is 19.9. The molecule has 0 aromatic rings. The lowest BCUT2D eigenvalue weighted by Crippen LogP contribution is -2.35. The van der Waals surface area contributed by atoms with Crippen molar-refractivity contribution >= 4 is 11.9 Å². The average Bonchev–Trinajstić information content (AvgIpc) is 4.02. The van der Waals surface area contributed by atoms with Gasteiger partial charge in [-0.2, -0.15) is 0 Å². The van der Waals surface area contributed by atoms with E-state index in [2.05, 4.69) is 13.8 Å². The minimum Gasteiger partial charge on any atom is -0.463 e. The molecule has 0 aromatic heterocycles. The quantitative estimate of drug-likeness (QED) is 0.0401. The van der Waals surface area contributed by atoms with Gasteiger partial charge in [0.15, 0.2) is 0 Å². The lowest BCUT2D eigenvalue weighted by atomic mass is 9.61. The van der Waals surface area contributed by atoms with E-state index in [1.54, 1.807) is 0 Å². The first-order chi connectivity index (χ1) is 23.6. The number of unbranched alkanes of at least 4 members (excludes halogenated alkanes) is 16. The molecule has 0 spiro atoms. The third-order valence-corrected chi connectivity index (χ3v) is 11.5. The van der Waals surface area contributed by atoms with E-state index in [4.69, 9.17) is 18.9 Å². The highest BCUT2D eigenvalue weighted by molar-refractivity contribution is 5.69. The molecule has 3 aliphatic rings.